The van der Waals surface area contributed by atoms with Gasteiger partial charge < -0.3 is 10.6 Å². The van der Waals surface area contributed by atoms with Crippen molar-refractivity contribution in [3.05, 3.63) is 10.4 Å². The average Bonchev–Trinajstić information content (AvgIpc) is 2.64. The maximum Gasteiger partial charge on any atom is 0.242 e. The average molecular weight is 211 g/mol. The fourth-order valence-electron chi connectivity index (χ4n) is 1.34. The molecule has 0 aliphatic carbocycles. The van der Waals surface area contributed by atoms with E-state index in [1.54, 1.807) is 0 Å². The van der Waals surface area contributed by atoms with Gasteiger partial charge in [-0.25, -0.2) is 0 Å². The SMILES string of the molecule is [N-]=[N+]=NCCCNC(=O)C1CCC(=O)N1. The molecule has 0 radical (unpaired) electrons. The molecule has 1 saturated heterocycles. The van der Waals surface area contributed by atoms with Crippen molar-refractivity contribution in [3.63, 3.8) is 0 Å². The van der Waals surface area contributed by atoms with Gasteiger partial charge in [0, 0.05) is 24.4 Å². The molecule has 1 rings (SSSR count). The zero-order valence-electron chi connectivity index (χ0n) is 8.27. The van der Waals surface area contributed by atoms with E-state index in [9.17, 15) is 9.59 Å². The van der Waals surface area contributed by atoms with Crippen molar-refractivity contribution >= 4 is 11.8 Å². The maximum atomic E-state index is 11.4. The first-order valence-electron chi connectivity index (χ1n) is 4.82. The third-order valence-corrected chi connectivity index (χ3v) is 2.11. The zero-order chi connectivity index (χ0) is 11.1. The standard InChI is InChI=1S/C8H13N5O2/c9-13-11-5-1-4-10-8(15)6-2-3-7(14)12-6/h6H,1-5H2,(H,10,15)(H,12,14). The van der Waals surface area contributed by atoms with Crippen LogP contribution in [0.2, 0.25) is 0 Å². The molecule has 1 heterocycles. The van der Waals surface area contributed by atoms with Gasteiger partial charge in [-0.15, -0.1) is 0 Å². The first kappa shape index (κ1) is 11.3. The number of rotatable bonds is 5. The van der Waals surface area contributed by atoms with Gasteiger partial charge in [-0.05, 0) is 18.4 Å². The van der Waals surface area contributed by atoms with Crippen molar-refractivity contribution in [1.29, 1.82) is 0 Å². The molecule has 0 saturated carbocycles. The minimum atomic E-state index is -0.392. The van der Waals surface area contributed by atoms with Crippen LogP contribution in [0.3, 0.4) is 0 Å². The van der Waals surface area contributed by atoms with E-state index < -0.39 is 6.04 Å². The van der Waals surface area contributed by atoms with Gasteiger partial charge in [0.1, 0.15) is 6.04 Å². The van der Waals surface area contributed by atoms with Crippen LogP contribution in [0.5, 0.6) is 0 Å². The van der Waals surface area contributed by atoms with Crippen LogP contribution in [0.4, 0.5) is 0 Å². The van der Waals surface area contributed by atoms with E-state index in [1.165, 1.54) is 0 Å². The Morgan fingerprint density at radius 1 is 1.73 bits per heavy atom. The Kier molecular flexibility index (Phi) is 4.43. The zero-order valence-corrected chi connectivity index (χ0v) is 8.27. The summed E-state index contributed by atoms with van der Waals surface area (Å²) < 4.78 is 0. The quantitative estimate of drug-likeness (QED) is 0.291. The van der Waals surface area contributed by atoms with Gasteiger partial charge in [0.2, 0.25) is 11.8 Å². The lowest BCUT2D eigenvalue weighted by atomic mass is 10.2. The highest BCUT2D eigenvalue weighted by Crippen LogP contribution is 2.05. The lowest BCUT2D eigenvalue weighted by Gasteiger charge is -2.09. The van der Waals surface area contributed by atoms with Crippen LogP contribution >= 0.6 is 0 Å². The highest BCUT2D eigenvalue weighted by atomic mass is 16.2. The molecule has 1 unspecified atom stereocenters. The second kappa shape index (κ2) is 5.87. The van der Waals surface area contributed by atoms with Crippen LogP contribution in [0.15, 0.2) is 5.11 Å². The number of amides is 2. The Morgan fingerprint density at radius 3 is 3.13 bits per heavy atom. The minimum Gasteiger partial charge on any atom is -0.354 e. The van der Waals surface area contributed by atoms with Crippen LogP contribution in [0, 0.1) is 0 Å². The predicted molar refractivity (Wildman–Crippen MR) is 52.8 cm³/mol. The summed E-state index contributed by atoms with van der Waals surface area (Å²) in [4.78, 5) is 24.8. The molecular weight excluding hydrogens is 198 g/mol. The van der Waals surface area contributed by atoms with Crippen LogP contribution in [-0.4, -0.2) is 30.9 Å². The molecule has 0 bridgehead atoms. The summed E-state index contributed by atoms with van der Waals surface area (Å²) in [6.07, 6.45) is 1.58. The summed E-state index contributed by atoms with van der Waals surface area (Å²) in [5.74, 6) is -0.244. The van der Waals surface area contributed by atoms with Crippen LogP contribution in [0.25, 0.3) is 10.4 Å². The lowest BCUT2D eigenvalue weighted by molar-refractivity contribution is -0.125. The van der Waals surface area contributed by atoms with Crippen molar-refractivity contribution in [2.45, 2.75) is 25.3 Å². The van der Waals surface area contributed by atoms with E-state index in [4.69, 9.17) is 5.53 Å². The molecule has 0 aromatic heterocycles. The third kappa shape index (κ3) is 3.86. The van der Waals surface area contributed by atoms with E-state index in [2.05, 4.69) is 20.7 Å². The van der Waals surface area contributed by atoms with Gasteiger partial charge in [0.15, 0.2) is 0 Å². The number of nitrogens with zero attached hydrogens (tertiary/aromatic N) is 3. The van der Waals surface area contributed by atoms with Gasteiger partial charge in [0.05, 0.1) is 0 Å². The summed E-state index contributed by atoms with van der Waals surface area (Å²) in [5.41, 5.74) is 8.00. The molecule has 1 fully saturated rings. The molecule has 2 amide bonds. The largest absolute Gasteiger partial charge is 0.354 e. The summed E-state index contributed by atoms with van der Waals surface area (Å²) >= 11 is 0. The molecule has 1 aliphatic rings. The predicted octanol–water partition coefficient (Wildman–Crippen LogP) is 0.0816. The van der Waals surface area contributed by atoms with E-state index in [0.29, 0.717) is 32.4 Å². The molecule has 15 heavy (non-hydrogen) atoms. The number of azide groups is 1. The molecule has 82 valence electrons. The Labute approximate surface area is 86.8 Å². The first-order chi connectivity index (χ1) is 7.24. The highest BCUT2D eigenvalue weighted by Gasteiger charge is 2.26. The highest BCUT2D eigenvalue weighted by molar-refractivity contribution is 5.90. The number of hydrogen-bond donors (Lipinski definition) is 2. The second-order valence-corrected chi connectivity index (χ2v) is 3.26. The fourth-order valence-corrected chi connectivity index (χ4v) is 1.34. The summed E-state index contributed by atoms with van der Waals surface area (Å²) in [5, 5.41) is 8.58. The maximum absolute atomic E-state index is 11.4. The monoisotopic (exact) mass is 211 g/mol. The van der Waals surface area contributed by atoms with Crippen molar-refractivity contribution in [1.82, 2.24) is 10.6 Å². The van der Waals surface area contributed by atoms with Crippen LogP contribution < -0.4 is 10.6 Å². The van der Waals surface area contributed by atoms with E-state index in [1.807, 2.05) is 0 Å². The molecule has 7 nitrogen and oxygen atoms in total. The topological polar surface area (TPSA) is 107 Å². The smallest absolute Gasteiger partial charge is 0.242 e. The Bertz CT molecular complexity index is 297. The lowest BCUT2D eigenvalue weighted by Crippen LogP contribution is -2.41. The normalized spacial score (nSPS) is 19.2. The van der Waals surface area contributed by atoms with Crippen LogP contribution in [0.1, 0.15) is 19.3 Å². The molecule has 0 aromatic rings. The van der Waals surface area contributed by atoms with Crippen LogP contribution in [-0.2, 0) is 9.59 Å². The molecule has 0 aromatic carbocycles. The van der Waals surface area contributed by atoms with Gasteiger partial charge in [-0.1, -0.05) is 5.11 Å². The first-order valence-corrected chi connectivity index (χ1v) is 4.82. The van der Waals surface area contributed by atoms with Crippen molar-refractivity contribution < 1.29 is 9.59 Å². The van der Waals surface area contributed by atoms with E-state index >= 15 is 0 Å². The molecule has 7 heteroatoms. The molecule has 2 N–H and O–H groups in total. The Hall–Kier alpha value is -1.75. The van der Waals surface area contributed by atoms with E-state index in [-0.39, 0.29) is 11.8 Å². The summed E-state index contributed by atoms with van der Waals surface area (Å²) in [6.45, 7) is 0.831. The number of carbonyl (C=O) groups is 2. The molecule has 1 atom stereocenters. The minimum absolute atomic E-state index is 0.0794. The van der Waals surface area contributed by atoms with Crippen molar-refractivity contribution in [2.75, 3.05) is 13.1 Å². The third-order valence-electron chi connectivity index (χ3n) is 2.11. The van der Waals surface area contributed by atoms with E-state index in [0.717, 1.165) is 0 Å². The molecule has 1 aliphatic heterocycles. The Morgan fingerprint density at radius 2 is 2.53 bits per heavy atom. The number of hydrogen-bond acceptors (Lipinski definition) is 3. The summed E-state index contributed by atoms with van der Waals surface area (Å²) in [6, 6.07) is -0.392. The second-order valence-electron chi connectivity index (χ2n) is 3.26. The van der Waals surface area contributed by atoms with Gasteiger partial charge in [-0.2, -0.15) is 0 Å². The fraction of sp³-hybridized carbons (Fsp3) is 0.750. The number of nitrogens with one attached hydrogen (secondary N) is 2. The Balaban J connectivity index is 2.13. The van der Waals surface area contributed by atoms with Gasteiger partial charge in [0.25, 0.3) is 0 Å². The van der Waals surface area contributed by atoms with Gasteiger partial charge in [-0.3, -0.25) is 9.59 Å². The van der Waals surface area contributed by atoms with Crippen molar-refractivity contribution in [2.24, 2.45) is 5.11 Å². The number of carbonyl (C=O) groups excluding carboxylic acids is 2. The van der Waals surface area contributed by atoms with Crippen molar-refractivity contribution in [3.8, 4) is 0 Å². The molecule has 0 spiro atoms. The summed E-state index contributed by atoms with van der Waals surface area (Å²) in [7, 11) is 0. The molecular formula is C8H13N5O2. The van der Waals surface area contributed by atoms with Gasteiger partial charge >= 0.3 is 0 Å².